The summed E-state index contributed by atoms with van der Waals surface area (Å²) in [7, 11) is 7.37. The van der Waals surface area contributed by atoms with Gasteiger partial charge in [-0.15, -0.1) is 0 Å². The van der Waals surface area contributed by atoms with Crippen LogP contribution in [0.5, 0.6) is 11.5 Å². The molecule has 2 rings (SSSR count). The third-order valence-corrected chi connectivity index (χ3v) is 4.23. The smallest absolute Gasteiger partial charge is 0.244 e. The molecule has 0 bridgehead atoms. The second kappa shape index (κ2) is 9.63. The van der Waals surface area contributed by atoms with Crippen LogP contribution in [0.3, 0.4) is 0 Å². The first-order chi connectivity index (χ1) is 12.5. The molecule has 0 aliphatic rings. The van der Waals surface area contributed by atoms with Gasteiger partial charge in [0.15, 0.2) is 0 Å². The number of carbonyl (C=O) groups is 1. The van der Waals surface area contributed by atoms with Gasteiger partial charge in [-0.1, -0.05) is 30.3 Å². The van der Waals surface area contributed by atoms with Gasteiger partial charge >= 0.3 is 0 Å². The molecule has 0 fully saturated rings. The molecule has 138 valence electrons. The molecule has 1 atom stereocenters. The molecule has 2 aromatic carbocycles. The quantitative estimate of drug-likeness (QED) is 0.709. The van der Waals surface area contributed by atoms with E-state index in [-0.39, 0.29) is 11.9 Å². The summed E-state index contributed by atoms with van der Waals surface area (Å²) in [6, 6.07) is 15.9. The van der Waals surface area contributed by atoms with Crippen molar-refractivity contribution in [2.24, 2.45) is 0 Å². The monoisotopic (exact) mass is 355 g/mol. The van der Waals surface area contributed by atoms with E-state index in [0.717, 1.165) is 5.56 Å². The van der Waals surface area contributed by atoms with Crippen LogP contribution in [0.1, 0.15) is 17.2 Å². The summed E-state index contributed by atoms with van der Waals surface area (Å²) in [6.07, 6.45) is 3.27. The molecule has 0 radical (unpaired) electrons. The fraction of sp³-hybridized carbons (Fsp3) is 0.286. The highest BCUT2D eigenvalue weighted by Crippen LogP contribution is 2.25. The molecule has 0 aromatic heterocycles. The summed E-state index contributed by atoms with van der Waals surface area (Å²) >= 11 is 0. The predicted molar refractivity (Wildman–Crippen MR) is 104 cm³/mol. The number of rotatable bonds is 8. The van der Waals surface area contributed by atoms with Gasteiger partial charge in [-0.05, 0) is 18.2 Å². The zero-order valence-corrected chi connectivity index (χ0v) is 15.8. The number of benzene rings is 2. The van der Waals surface area contributed by atoms with E-state index in [1.165, 1.54) is 16.5 Å². The number of likely N-dealkylation sites (N-methyl/N-ethyl adjacent to an activating group) is 1. The van der Waals surface area contributed by atoms with Gasteiger partial charge < -0.3 is 19.7 Å². The van der Waals surface area contributed by atoms with E-state index < -0.39 is 0 Å². The fourth-order valence-electron chi connectivity index (χ4n) is 2.72. The van der Waals surface area contributed by atoms with Crippen molar-refractivity contribution in [2.75, 3.05) is 34.9 Å². The van der Waals surface area contributed by atoms with Crippen LogP contribution in [0.2, 0.25) is 0 Å². The minimum atomic E-state index is -0.134. The number of nitrogens with one attached hydrogen (secondary N) is 2. The van der Waals surface area contributed by atoms with Crippen molar-refractivity contribution < 1.29 is 19.2 Å². The topological polar surface area (TPSA) is 52.0 Å². The standard InChI is InChI=1S/C21H26N2O3/c1-23(2)19(16-8-6-5-7-9-16)15-22-21(24)13-11-17-10-12-18(25-3)14-20(17)26-4/h5-14,19H,15H2,1-4H3,(H,22,24)/p+1/b13-11+/t19-/m0/s1. The Morgan fingerprint density at radius 1 is 1.12 bits per heavy atom. The van der Waals surface area contributed by atoms with E-state index in [2.05, 4.69) is 31.5 Å². The van der Waals surface area contributed by atoms with Crippen LogP contribution >= 0.6 is 0 Å². The van der Waals surface area contributed by atoms with Crippen molar-refractivity contribution in [2.45, 2.75) is 6.04 Å². The first-order valence-electron chi connectivity index (χ1n) is 8.58. The maximum Gasteiger partial charge on any atom is 0.244 e. The first kappa shape index (κ1) is 19.5. The summed E-state index contributed by atoms with van der Waals surface area (Å²) in [4.78, 5) is 13.5. The molecule has 0 saturated carbocycles. The lowest BCUT2D eigenvalue weighted by Gasteiger charge is -2.21. The highest BCUT2D eigenvalue weighted by Gasteiger charge is 2.17. The summed E-state index contributed by atoms with van der Waals surface area (Å²) < 4.78 is 10.5. The molecule has 0 heterocycles. The van der Waals surface area contributed by atoms with Crippen LogP contribution in [-0.2, 0) is 4.79 Å². The molecule has 0 saturated heterocycles. The highest BCUT2D eigenvalue weighted by molar-refractivity contribution is 5.92. The van der Waals surface area contributed by atoms with Crippen molar-refractivity contribution in [3.05, 3.63) is 65.7 Å². The second-order valence-corrected chi connectivity index (χ2v) is 6.23. The maximum absolute atomic E-state index is 12.2. The average molecular weight is 355 g/mol. The van der Waals surface area contributed by atoms with Gasteiger partial charge in [0.1, 0.15) is 17.5 Å². The van der Waals surface area contributed by atoms with Crippen LogP contribution in [0.25, 0.3) is 6.08 Å². The molecule has 5 nitrogen and oxygen atoms in total. The average Bonchev–Trinajstić information content (AvgIpc) is 2.66. The van der Waals surface area contributed by atoms with E-state index in [4.69, 9.17) is 9.47 Å². The molecule has 5 heteroatoms. The van der Waals surface area contributed by atoms with E-state index >= 15 is 0 Å². The van der Waals surface area contributed by atoms with Gasteiger partial charge in [0.25, 0.3) is 0 Å². The van der Waals surface area contributed by atoms with Crippen molar-refractivity contribution in [3.8, 4) is 11.5 Å². The van der Waals surface area contributed by atoms with Gasteiger partial charge in [-0.3, -0.25) is 4.79 Å². The number of amides is 1. The molecule has 0 spiro atoms. The summed E-state index contributed by atoms with van der Waals surface area (Å²) in [5.41, 5.74) is 2.02. The van der Waals surface area contributed by atoms with Crippen LogP contribution in [-0.4, -0.2) is 40.8 Å². The Bertz CT molecular complexity index is 742. The zero-order chi connectivity index (χ0) is 18.9. The normalized spacial score (nSPS) is 12.2. The number of hydrogen-bond donors (Lipinski definition) is 2. The van der Waals surface area contributed by atoms with Crippen LogP contribution in [0, 0.1) is 0 Å². The lowest BCUT2D eigenvalue weighted by molar-refractivity contribution is -0.890. The number of carbonyl (C=O) groups excluding carboxylic acids is 1. The first-order valence-corrected chi connectivity index (χ1v) is 8.58. The minimum Gasteiger partial charge on any atom is -0.497 e. The predicted octanol–water partition coefficient (Wildman–Crippen LogP) is 1.72. The van der Waals surface area contributed by atoms with E-state index in [1.54, 1.807) is 26.4 Å². The summed E-state index contributed by atoms with van der Waals surface area (Å²) in [5, 5.41) is 2.98. The lowest BCUT2D eigenvalue weighted by atomic mass is 10.1. The summed E-state index contributed by atoms with van der Waals surface area (Å²) in [6.45, 7) is 0.565. The molecular weight excluding hydrogens is 328 g/mol. The molecule has 0 unspecified atom stereocenters. The molecule has 2 aromatic rings. The SMILES string of the molecule is COc1ccc(/C=C/C(=O)NC[C@@H](c2ccccc2)[NH+](C)C)c(OC)c1. The molecule has 26 heavy (non-hydrogen) atoms. The Kier molecular flexibility index (Phi) is 7.24. The van der Waals surface area contributed by atoms with Gasteiger partial charge in [0.05, 0.1) is 34.9 Å². The maximum atomic E-state index is 12.2. The third kappa shape index (κ3) is 5.36. The Labute approximate surface area is 155 Å². The molecular formula is C21H27N2O3+. The van der Waals surface area contributed by atoms with E-state index in [0.29, 0.717) is 18.0 Å². The zero-order valence-electron chi connectivity index (χ0n) is 15.8. The lowest BCUT2D eigenvalue weighted by Crippen LogP contribution is -3.07. The minimum absolute atomic E-state index is 0.134. The molecule has 0 aliphatic heterocycles. The van der Waals surface area contributed by atoms with E-state index in [9.17, 15) is 4.79 Å². The second-order valence-electron chi connectivity index (χ2n) is 6.23. The van der Waals surface area contributed by atoms with Gasteiger partial charge in [0.2, 0.25) is 5.91 Å². The number of methoxy groups -OCH3 is 2. The Hall–Kier alpha value is -2.79. The number of ether oxygens (including phenoxy) is 2. The van der Waals surface area contributed by atoms with Crippen molar-refractivity contribution in [3.63, 3.8) is 0 Å². The van der Waals surface area contributed by atoms with Crippen LogP contribution in [0.4, 0.5) is 0 Å². The number of hydrogen-bond acceptors (Lipinski definition) is 3. The van der Waals surface area contributed by atoms with Gasteiger partial charge in [0, 0.05) is 23.3 Å². The van der Waals surface area contributed by atoms with Gasteiger partial charge in [-0.2, -0.15) is 0 Å². The van der Waals surface area contributed by atoms with Crippen molar-refractivity contribution in [1.29, 1.82) is 0 Å². The third-order valence-electron chi connectivity index (χ3n) is 4.23. The van der Waals surface area contributed by atoms with Crippen molar-refractivity contribution >= 4 is 12.0 Å². The Morgan fingerprint density at radius 3 is 2.46 bits per heavy atom. The molecule has 2 N–H and O–H groups in total. The largest absolute Gasteiger partial charge is 0.497 e. The molecule has 1 amide bonds. The summed E-state index contributed by atoms with van der Waals surface area (Å²) in [5.74, 6) is 1.24. The highest BCUT2D eigenvalue weighted by atomic mass is 16.5. The van der Waals surface area contributed by atoms with Crippen molar-refractivity contribution in [1.82, 2.24) is 5.32 Å². The fourth-order valence-corrected chi connectivity index (χ4v) is 2.72. The van der Waals surface area contributed by atoms with Crippen LogP contribution in [0.15, 0.2) is 54.6 Å². The van der Waals surface area contributed by atoms with E-state index in [1.807, 2.05) is 30.3 Å². The molecule has 0 aliphatic carbocycles. The Morgan fingerprint density at radius 2 is 1.85 bits per heavy atom. The van der Waals surface area contributed by atoms with Crippen LogP contribution < -0.4 is 19.7 Å². The van der Waals surface area contributed by atoms with Gasteiger partial charge in [-0.25, -0.2) is 0 Å². The Balaban J connectivity index is 2.00. The number of quaternary nitrogens is 1.